The number of carbonyl (C=O) groups is 2. The molecule has 2 aromatic rings. The van der Waals surface area contributed by atoms with E-state index in [2.05, 4.69) is 21.2 Å². The number of anilines is 1. The fraction of sp³-hybridized carbons (Fsp3) is 0.150. The van der Waals surface area contributed by atoms with Gasteiger partial charge in [-0.2, -0.15) is 5.26 Å². The molecule has 1 heterocycles. The van der Waals surface area contributed by atoms with Gasteiger partial charge >= 0.3 is 0 Å². The molecule has 136 valence electrons. The Balaban J connectivity index is 2.04. The Morgan fingerprint density at radius 2 is 1.89 bits per heavy atom. The lowest BCUT2D eigenvalue weighted by molar-refractivity contribution is -0.117. The molecule has 3 rings (SSSR count). The molecular weight excluding hydrogens is 426 g/mol. The van der Waals surface area contributed by atoms with Gasteiger partial charge < -0.3 is 5.32 Å². The molecule has 0 bridgehead atoms. The second kappa shape index (κ2) is 8.42. The van der Waals surface area contributed by atoms with Gasteiger partial charge in [0.25, 0.3) is 5.91 Å². The summed E-state index contributed by atoms with van der Waals surface area (Å²) < 4.78 is 0.878. The van der Waals surface area contributed by atoms with Crippen molar-refractivity contribution in [1.29, 1.82) is 5.26 Å². The highest BCUT2D eigenvalue weighted by Gasteiger charge is 2.40. The summed E-state index contributed by atoms with van der Waals surface area (Å²) in [7, 11) is 1.47. The number of hydrogen-bond donors (Lipinski definition) is 1. The van der Waals surface area contributed by atoms with Crippen LogP contribution in [0.1, 0.15) is 5.56 Å². The number of likely N-dealkylation sites (N-methyl/N-ethyl adjacent to an activating group) is 1. The van der Waals surface area contributed by atoms with Gasteiger partial charge in [-0.25, -0.2) is 0 Å². The van der Waals surface area contributed by atoms with Gasteiger partial charge in [0.05, 0.1) is 5.25 Å². The van der Waals surface area contributed by atoms with Crippen molar-refractivity contribution in [3.63, 3.8) is 0 Å². The molecule has 2 amide bonds. The second-order valence-electron chi connectivity index (χ2n) is 5.82. The number of amides is 2. The van der Waals surface area contributed by atoms with E-state index in [1.54, 1.807) is 12.1 Å². The van der Waals surface area contributed by atoms with Crippen molar-refractivity contribution in [1.82, 2.24) is 5.32 Å². The molecule has 1 unspecified atom stereocenters. The molecule has 1 atom stereocenters. The summed E-state index contributed by atoms with van der Waals surface area (Å²) in [5, 5.41) is 12.0. The van der Waals surface area contributed by atoms with Crippen LogP contribution in [0.4, 0.5) is 5.69 Å². The van der Waals surface area contributed by atoms with E-state index < -0.39 is 11.2 Å². The smallest absolute Gasteiger partial charge is 0.264 e. The lowest BCUT2D eigenvalue weighted by Gasteiger charge is -2.18. The van der Waals surface area contributed by atoms with Crippen LogP contribution in [0.25, 0.3) is 0 Å². The molecule has 0 saturated carbocycles. The van der Waals surface area contributed by atoms with Gasteiger partial charge in [0.2, 0.25) is 5.91 Å². The van der Waals surface area contributed by atoms with Crippen LogP contribution in [0.5, 0.6) is 0 Å². The number of halogens is 1. The van der Waals surface area contributed by atoms with E-state index in [-0.39, 0.29) is 11.5 Å². The van der Waals surface area contributed by atoms with Crippen molar-refractivity contribution in [3.8, 4) is 6.07 Å². The fourth-order valence-corrected chi connectivity index (χ4v) is 4.34. The molecule has 7 heteroatoms. The lowest BCUT2D eigenvalue weighted by Crippen LogP contribution is -2.31. The van der Waals surface area contributed by atoms with Crippen molar-refractivity contribution in [3.05, 3.63) is 75.2 Å². The highest BCUT2D eigenvalue weighted by Crippen LogP contribution is 2.42. The Morgan fingerprint density at radius 3 is 2.48 bits per heavy atom. The minimum absolute atomic E-state index is 0.0608. The number of carbonyl (C=O) groups excluding carboxylic acids is 2. The number of benzene rings is 2. The zero-order chi connectivity index (χ0) is 19.4. The predicted octanol–water partition coefficient (Wildman–Crippen LogP) is 3.62. The highest BCUT2D eigenvalue weighted by molar-refractivity contribution is 9.10. The maximum absolute atomic E-state index is 13.2. The van der Waals surface area contributed by atoms with Crippen molar-refractivity contribution >= 4 is 45.2 Å². The largest absolute Gasteiger partial charge is 0.354 e. The third kappa shape index (κ3) is 4.07. The van der Waals surface area contributed by atoms with Crippen molar-refractivity contribution in [2.75, 3.05) is 11.9 Å². The van der Waals surface area contributed by atoms with E-state index >= 15 is 0 Å². The summed E-state index contributed by atoms with van der Waals surface area (Å²) in [6, 6.07) is 18.9. The average molecular weight is 442 g/mol. The van der Waals surface area contributed by atoms with Gasteiger partial charge in [-0.05, 0) is 36.2 Å². The van der Waals surface area contributed by atoms with Gasteiger partial charge in [-0.3, -0.25) is 14.5 Å². The lowest BCUT2D eigenvalue weighted by atomic mass is 10.1. The number of nitrogens with zero attached hydrogens (tertiary/aromatic N) is 2. The summed E-state index contributed by atoms with van der Waals surface area (Å²) in [4.78, 5) is 26.8. The third-order valence-corrected chi connectivity index (χ3v) is 5.87. The zero-order valence-electron chi connectivity index (χ0n) is 14.5. The summed E-state index contributed by atoms with van der Waals surface area (Å²) in [6.45, 7) is 0. The van der Waals surface area contributed by atoms with Crippen LogP contribution in [0.2, 0.25) is 0 Å². The molecule has 1 fully saturated rings. The number of thioether (sulfide) groups is 1. The minimum Gasteiger partial charge on any atom is -0.354 e. The summed E-state index contributed by atoms with van der Waals surface area (Å²) in [5.41, 5.74) is 1.59. The Labute approximate surface area is 170 Å². The Morgan fingerprint density at radius 1 is 1.22 bits per heavy atom. The standard InChI is InChI=1S/C20H16BrN3O2S/c1-23-18(25)16(12-22)20-24(15-9-7-14(21)8-10-15)19(26)17(27-20)11-13-5-3-2-4-6-13/h2-10,17H,11H2,1H3,(H,23,25). The molecule has 1 aliphatic heterocycles. The number of hydrogen-bond acceptors (Lipinski definition) is 4. The summed E-state index contributed by atoms with van der Waals surface area (Å²) in [6.07, 6.45) is 0.521. The Hall–Kier alpha value is -2.56. The van der Waals surface area contributed by atoms with E-state index in [0.717, 1.165) is 10.0 Å². The van der Waals surface area contributed by atoms with E-state index in [9.17, 15) is 14.9 Å². The molecule has 0 spiro atoms. The van der Waals surface area contributed by atoms with E-state index in [0.29, 0.717) is 17.1 Å². The van der Waals surface area contributed by atoms with E-state index in [1.165, 1.54) is 23.7 Å². The van der Waals surface area contributed by atoms with Crippen LogP contribution in [0.3, 0.4) is 0 Å². The Bertz CT molecular complexity index is 936. The molecule has 2 aromatic carbocycles. The molecule has 1 saturated heterocycles. The molecule has 0 radical (unpaired) electrons. The van der Waals surface area contributed by atoms with E-state index in [1.807, 2.05) is 48.5 Å². The van der Waals surface area contributed by atoms with Gasteiger partial charge in [-0.15, -0.1) is 0 Å². The van der Waals surface area contributed by atoms with Gasteiger partial charge in [0.1, 0.15) is 16.7 Å². The monoisotopic (exact) mass is 441 g/mol. The van der Waals surface area contributed by atoms with Crippen LogP contribution in [0.15, 0.2) is 69.7 Å². The normalized spacial score (nSPS) is 18.2. The van der Waals surface area contributed by atoms with Gasteiger partial charge in [0, 0.05) is 17.2 Å². The molecular formula is C20H16BrN3O2S. The van der Waals surface area contributed by atoms with Crippen LogP contribution in [-0.2, 0) is 16.0 Å². The quantitative estimate of drug-likeness (QED) is 0.580. The Kier molecular flexibility index (Phi) is 5.99. The van der Waals surface area contributed by atoms with Gasteiger partial charge in [0.15, 0.2) is 0 Å². The number of rotatable bonds is 4. The first kappa shape index (κ1) is 19.2. The van der Waals surface area contributed by atoms with E-state index in [4.69, 9.17) is 0 Å². The topological polar surface area (TPSA) is 73.2 Å². The number of nitriles is 1. The first-order valence-corrected chi connectivity index (χ1v) is 9.89. The second-order valence-corrected chi connectivity index (χ2v) is 7.92. The first-order valence-electron chi connectivity index (χ1n) is 8.21. The van der Waals surface area contributed by atoms with Gasteiger partial charge in [-0.1, -0.05) is 58.0 Å². The third-order valence-electron chi connectivity index (χ3n) is 4.08. The summed E-state index contributed by atoms with van der Waals surface area (Å²) in [5.74, 6) is -0.645. The van der Waals surface area contributed by atoms with Crippen LogP contribution in [-0.4, -0.2) is 24.1 Å². The highest BCUT2D eigenvalue weighted by atomic mass is 79.9. The molecule has 0 aliphatic carbocycles. The molecule has 1 aliphatic rings. The number of nitrogens with one attached hydrogen (secondary N) is 1. The van der Waals surface area contributed by atoms with Crippen LogP contribution in [0, 0.1) is 11.3 Å². The molecule has 0 aromatic heterocycles. The maximum Gasteiger partial charge on any atom is 0.264 e. The van der Waals surface area contributed by atoms with Crippen LogP contribution >= 0.6 is 27.7 Å². The molecule has 27 heavy (non-hydrogen) atoms. The zero-order valence-corrected chi connectivity index (χ0v) is 16.9. The van der Waals surface area contributed by atoms with Crippen molar-refractivity contribution in [2.45, 2.75) is 11.7 Å². The predicted molar refractivity (Wildman–Crippen MR) is 110 cm³/mol. The van der Waals surface area contributed by atoms with Crippen LogP contribution < -0.4 is 10.2 Å². The van der Waals surface area contributed by atoms with Crippen molar-refractivity contribution < 1.29 is 9.59 Å². The fourth-order valence-electron chi connectivity index (χ4n) is 2.77. The average Bonchev–Trinajstić information content (AvgIpc) is 3.00. The molecule has 5 nitrogen and oxygen atoms in total. The maximum atomic E-state index is 13.2. The van der Waals surface area contributed by atoms with Crippen molar-refractivity contribution in [2.24, 2.45) is 0 Å². The summed E-state index contributed by atoms with van der Waals surface area (Å²) >= 11 is 4.64. The SMILES string of the molecule is CNC(=O)C(C#N)=C1SC(Cc2ccccc2)C(=O)N1c1ccc(Br)cc1. The minimum atomic E-state index is -0.504. The molecule has 1 N–H and O–H groups in total. The first-order chi connectivity index (χ1) is 13.0.